The van der Waals surface area contributed by atoms with Crippen LogP contribution in [0.25, 0.3) is 0 Å². The largest absolute Gasteiger partial charge is 0.333 e. The van der Waals surface area contributed by atoms with Crippen molar-refractivity contribution in [2.75, 3.05) is 13.1 Å². The number of nitrogens with zero attached hydrogens (tertiary/aromatic N) is 2. The Kier molecular flexibility index (Phi) is 4.50. The van der Waals surface area contributed by atoms with Gasteiger partial charge >= 0.3 is 6.03 Å². The molecule has 3 heterocycles. The third kappa shape index (κ3) is 2.92. The SMILES string of the molecule is CC1CCC2(CC1)NC(=O)N(CC(=O)N1CCCC1c1cccs1)C2=O. The summed E-state index contributed by atoms with van der Waals surface area (Å²) in [4.78, 5) is 42.4. The van der Waals surface area contributed by atoms with Crippen molar-refractivity contribution in [1.29, 1.82) is 0 Å². The van der Waals surface area contributed by atoms with Gasteiger partial charge in [-0.3, -0.25) is 14.5 Å². The number of thiophene rings is 1. The van der Waals surface area contributed by atoms with Gasteiger partial charge in [-0.05, 0) is 55.9 Å². The Hall–Kier alpha value is -1.89. The molecule has 1 spiro atoms. The van der Waals surface area contributed by atoms with Gasteiger partial charge < -0.3 is 10.2 Å². The minimum atomic E-state index is -0.776. The normalized spacial score (nSPS) is 31.7. The quantitative estimate of drug-likeness (QED) is 0.826. The van der Waals surface area contributed by atoms with Gasteiger partial charge in [-0.1, -0.05) is 13.0 Å². The Morgan fingerprint density at radius 2 is 2.08 bits per heavy atom. The van der Waals surface area contributed by atoms with E-state index in [0.717, 1.165) is 30.6 Å². The van der Waals surface area contributed by atoms with E-state index in [4.69, 9.17) is 0 Å². The van der Waals surface area contributed by atoms with Crippen LogP contribution in [0.5, 0.6) is 0 Å². The van der Waals surface area contributed by atoms with Crippen molar-refractivity contribution in [3.05, 3.63) is 22.4 Å². The molecule has 1 aromatic rings. The molecule has 6 nitrogen and oxygen atoms in total. The molecule has 2 saturated heterocycles. The zero-order valence-electron chi connectivity index (χ0n) is 15.1. The van der Waals surface area contributed by atoms with Crippen molar-refractivity contribution in [2.24, 2.45) is 5.92 Å². The maximum atomic E-state index is 12.9. The van der Waals surface area contributed by atoms with E-state index in [1.54, 1.807) is 11.3 Å². The zero-order chi connectivity index (χ0) is 18.3. The van der Waals surface area contributed by atoms with Crippen molar-refractivity contribution in [2.45, 2.75) is 57.0 Å². The van der Waals surface area contributed by atoms with Crippen molar-refractivity contribution in [1.82, 2.24) is 15.1 Å². The molecule has 4 amide bonds. The van der Waals surface area contributed by atoms with Crippen LogP contribution in [0.15, 0.2) is 17.5 Å². The molecule has 1 saturated carbocycles. The van der Waals surface area contributed by atoms with Crippen LogP contribution in [-0.4, -0.2) is 46.3 Å². The van der Waals surface area contributed by atoms with Crippen LogP contribution in [0.4, 0.5) is 4.79 Å². The molecule has 1 N–H and O–H groups in total. The fourth-order valence-corrected chi connectivity index (χ4v) is 5.36. The molecule has 4 rings (SSSR count). The molecular weight excluding hydrogens is 350 g/mol. The molecule has 1 aliphatic carbocycles. The van der Waals surface area contributed by atoms with E-state index in [1.807, 2.05) is 22.4 Å². The lowest BCUT2D eigenvalue weighted by atomic mass is 9.77. The molecule has 1 atom stereocenters. The lowest BCUT2D eigenvalue weighted by Gasteiger charge is -2.33. The van der Waals surface area contributed by atoms with Crippen LogP contribution < -0.4 is 5.32 Å². The minimum Gasteiger partial charge on any atom is -0.333 e. The highest BCUT2D eigenvalue weighted by Gasteiger charge is 2.52. The molecule has 26 heavy (non-hydrogen) atoms. The van der Waals surface area contributed by atoms with Gasteiger partial charge in [0.2, 0.25) is 5.91 Å². The molecule has 7 heteroatoms. The maximum Gasteiger partial charge on any atom is 0.325 e. The van der Waals surface area contributed by atoms with Gasteiger partial charge in [-0.15, -0.1) is 11.3 Å². The molecule has 2 aliphatic heterocycles. The molecule has 140 valence electrons. The summed E-state index contributed by atoms with van der Waals surface area (Å²) in [5, 5.41) is 4.91. The molecule has 0 radical (unpaired) electrons. The van der Waals surface area contributed by atoms with Crippen LogP contribution >= 0.6 is 11.3 Å². The number of amides is 4. The number of nitrogens with one attached hydrogen (secondary N) is 1. The van der Waals surface area contributed by atoms with E-state index in [2.05, 4.69) is 12.2 Å². The lowest BCUT2D eigenvalue weighted by Crippen LogP contribution is -2.50. The van der Waals surface area contributed by atoms with Crippen LogP contribution in [0.3, 0.4) is 0 Å². The second kappa shape index (κ2) is 6.68. The van der Waals surface area contributed by atoms with Gasteiger partial charge in [0.25, 0.3) is 5.91 Å². The third-order valence-electron chi connectivity index (χ3n) is 6.11. The fraction of sp³-hybridized carbons (Fsp3) is 0.632. The van der Waals surface area contributed by atoms with E-state index in [1.165, 1.54) is 4.88 Å². The summed E-state index contributed by atoms with van der Waals surface area (Å²) in [7, 11) is 0. The Labute approximate surface area is 157 Å². The van der Waals surface area contributed by atoms with E-state index >= 15 is 0 Å². The minimum absolute atomic E-state index is 0.0766. The fourth-order valence-electron chi connectivity index (χ4n) is 4.48. The van der Waals surface area contributed by atoms with Crippen molar-refractivity contribution >= 4 is 29.2 Å². The van der Waals surface area contributed by atoms with Gasteiger partial charge in [0.1, 0.15) is 12.1 Å². The number of hydrogen-bond donors (Lipinski definition) is 1. The predicted octanol–water partition coefficient (Wildman–Crippen LogP) is 2.91. The zero-order valence-corrected chi connectivity index (χ0v) is 15.9. The number of rotatable bonds is 3. The van der Waals surface area contributed by atoms with Crippen molar-refractivity contribution in [3.8, 4) is 0 Å². The number of urea groups is 1. The standard InChI is InChI=1S/C19H25N3O3S/c1-13-6-8-19(9-7-13)17(24)22(18(25)20-19)12-16(23)21-10-2-4-14(21)15-5-3-11-26-15/h3,5,11,13-14H,2,4,6-10,12H2,1H3,(H,20,25). The summed E-state index contributed by atoms with van der Waals surface area (Å²) in [5.74, 6) is 0.234. The molecule has 3 fully saturated rings. The van der Waals surface area contributed by atoms with E-state index in [9.17, 15) is 14.4 Å². The Bertz CT molecular complexity index is 710. The number of carbonyl (C=O) groups is 3. The first-order valence-electron chi connectivity index (χ1n) is 9.47. The van der Waals surface area contributed by atoms with Crippen LogP contribution in [-0.2, 0) is 9.59 Å². The molecular formula is C19H25N3O3S. The van der Waals surface area contributed by atoms with Crippen molar-refractivity contribution in [3.63, 3.8) is 0 Å². The van der Waals surface area contributed by atoms with Gasteiger partial charge in [-0.25, -0.2) is 4.79 Å². The van der Waals surface area contributed by atoms with Gasteiger partial charge in [0.15, 0.2) is 0 Å². The summed E-state index contributed by atoms with van der Waals surface area (Å²) in [6, 6.07) is 3.71. The number of hydrogen-bond acceptors (Lipinski definition) is 4. The molecule has 1 aromatic heterocycles. The van der Waals surface area contributed by atoms with E-state index in [0.29, 0.717) is 25.3 Å². The smallest absolute Gasteiger partial charge is 0.325 e. The third-order valence-corrected chi connectivity index (χ3v) is 7.09. The topological polar surface area (TPSA) is 69.7 Å². The van der Waals surface area contributed by atoms with Crippen LogP contribution in [0.2, 0.25) is 0 Å². The first-order valence-corrected chi connectivity index (χ1v) is 10.4. The van der Waals surface area contributed by atoms with E-state index in [-0.39, 0.29) is 24.4 Å². The molecule has 1 unspecified atom stereocenters. The average molecular weight is 375 g/mol. The maximum absolute atomic E-state index is 12.9. The average Bonchev–Trinajstić information content (AvgIpc) is 3.34. The van der Waals surface area contributed by atoms with Crippen LogP contribution in [0.1, 0.15) is 56.4 Å². The number of likely N-dealkylation sites (tertiary alicyclic amines) is 1. The first kappa shape index (κ1) is 17.5. The van der Waals surface area contributed by atoms with Gasteiger partial charge in [-0.2, -0.15) is 0 Å². The predicted molar refractivity (Wildman–Crippen MR) is 98.6 cm³/mol. The summed E-state index contributed by atoms with van der Waals surface area (Å²) < 4.78 is 0. The summed E-state index contributed by atoms with van der Waals surface area (Å²) in [6.07, 6.45) is 5.10. The van der Waals surface area contributed by atoms with Crippen LogP contribution in [0, 0.1) is 5.92 Å². The van der Waals surface area contributed by atoms with Crippen molar-refractivity contribution < 1.29 is 14.4 Å². The molecule has 3 aliphatic rings. The first-order chi connectivity index (χ1) is 12.5. The monoisotopic (exact) mass is 375 g/mol. The summed E-state index contributed by atoms with van der Waals surface area (Å²) in [6.45, 7) is 2.71. The highest BCUT2D eigenvalue weighted by Crippen LogP contribution is 2.37. The number of carbonyl (C=O) groups excluding carboxylic acids is 3. The highest BCUT2D eigenvalue weighted by atomic mass is 32.1. The summed E-state index contributed by atoms with van der Waals surface area (Å²) >= 11 is 1.65. The molecule has 0 aromatic carbocycles. The van der Waals surface area contributed by atoms with Gasteiger partial charge in [0, 0.05) is 11.4 Å². The Morgan fingerprint density at radius 1 is 1.31 bits per heavy atom. The Morgan fingerprint density at radius 3 is 2.77 bits per heavy atom. The molecule has 0 bridgehead atoms. The second-order valence-electron chi connectivity index (χ2n) is 7.85. The highest BCUT2D eigenvalue weighted by molar-refractivity contribution is 7.10. The van der Waals surface area contributed by atoms with Gasteiger partial charge in [0.05, 0.1) is 6.04 Å². The van der Waals surface area contributed by atoms with E-state index < -0.39 is 11.6 Å². The number of imide groups is 1. The summed E-state index contributed by atoms with van der Waals surface area (Å²) in [5.41, 5.74) is -0.776. The second-order valence-corrected chi connectivity index (χ2v) is 8.83. The lowest BCUT2D eigenvalue weighted by molar-refractivity contribution is -0.140. The Balaban J connectivity index is 1.46.